The highest BCUT2D eigenvalue weighted by Crippen LogP contribution is 2.40. The molecule has 118 valence electrons. The maximum atomic E-state index is 11.8. The summed E-state index contributed by atoms with van der Waals surface area (Å²) in [6.45, 7) is 2.23. The van der Waals surface area contributed by atoms with Crippen LogP contribution < -0.4 is 5.73 Å². The summed E-state index contributed by atoms with van der Waals surface area (Å²) in [5, 5.41) is 6.95. The molecule has 2 N–H and O–H groups in total. The quantitative estimate of drug-likeness (QED) is 0.590. The Bertz CT molecular complexity index is 929. The molecular formula is C16H17N5OS. The van der Waals surface area contributed by atoms with Crippen LogP contribution in [0, 0.1) is 5.92 Å². The summed E-state index contributed by atoms with van der Waals surface area (Å²) in [5.41, 5.74) is 7.58. The Morgan fingerprint density at radius 1 is 1.39 bits per heavy atom. The molecule has 0 spiro atoms. The summed E-state index contributed by atoms with van der Waals surface area (Å²) in [5.74, 6) is 0.183. The largest absolute Gasteiger partial charge is 0.364 e. The average Bonchev–Trinajstić information content (AvgIpc) is 2.91. The Kier molecular flexibility index (Phi) is 3.26. The van der Waals surface area contributed by atoms with Crippen LogP contribution in [0.5, 0.6) is 0 Å². The van der Waals surface area contributed by atoms with Crippen LogP contribution in [0.3, 0.4) is 0 Å². The van der Waals surface area contributed by atoms with Gasteiger partial charge in [-0.3, -0.25) is 9.48 Å². The lowest BCUT2D eigenvalue weighted by Gasteiger charge is -2.33. The first-order valence-electron chi connectivity index (χ1n) is 7.60. The molecule has 23 heavy (non-hydrogen) atoms. The molecule has 6 nitrogen and oxygen atoms in total. The zero-order chi connectivity index (χ0) is 16.1. The summed E-state index contributed by atoms with van der Waals surface area (Å²) >= 11 is 1.50. The molecule has 2 heterocycles. The van der Waals surface area contributed by atoms with Crippen molar-refractivity contribution in [1.29, 1.82) is 0 Å². The SMILES string of the molecule is CSc1ncc2ccc3c(C(N)=O)nn(C4CC(C)C4)c3c2n1. The van der Waals surface area contributed by atoms with E-state index in [-0.39, 0.29) is 0 Å². The number of carbonyl (C=O) groups is 1. The standard InChI is InChI=1S/C16H17N5OS/c1-8-5-10(6-8)21-14-11(13(20-21)15(17)22)4-3-9-7-18-16(23-2)19-12(9)14/h3-4,7-8,10H,5-6H2,1-2H3,(H2,17,22). The highest BCUT2D eigenvalue weighted by atomic mass is 32.2. The molecule has 1 fully saturated rings. The molecule has 0 radical (unpaired) electrons. The van der Waals surface area contributed by atoms with E-state index in [1.54, 1.807) is 0 Å². The van der Waals surface area contributed by atoms with Gasteiger partial charge in [0.05, 0.1) is 11.6 Å². The second-order valence-corrected chi connectivity index (χ2v) is 6.92. The van der Waals surface area contributed by atoms with E-state index in [1.165, 1.54) is 11.8 Å². The Hall–Kier alpha value is -2.15. The molecule has 1 aromatic carbocycles. The first-order valence-corrected chi connectivity index (χ1v) is 8.82. The number of carbonyl (C=O) groups excluding carboxylic acids is 1. The minimum absolute atomic E-state index is 0.305. The number of benzene rings is 1. The van der Waals surface area contributed by atoms with E-state index in [1.807, 2.05) is 29.3 Å². The van der Waals surface area contributed by atoms with Gasteiger partial charge in [-0.2, -0.15) is 5.10 Å². The molecule has 0 atom stereocenters. The van der Waals surface area contributed by atoms with Gasteiger partial charge < -0.3 is 5.73 Å². The molecule has 1 amide bonds. The van der Waals surface area contributed by atoms with Crippen molar-refractivity contribution in [2.24, 2.45) is 11.7 Å². The molecule has 0 aliphatic heterocycles. The number of amides is 1. The van der Waals surface area contributed by atoms with Crippen LogP contribution in [0.4, 0.5) is 0 Å². The number of thioether (sulfide) groups is 1. The zero-order valence-corrected chi connectivity index (χ0v) is 13.8. The van der Waals surface area contributed by atoms with Gasteiger partial charge in [0, 0.05) is 17.0 Å². The van der Waals surface area contributed by atoms with Crippen molar-refractivity contribution in [2.75, 3.05) is 6.26 Å². The zero-order valence-electron chi connectivity index (χ0n) is 13.0. The second kappa shape index (κ2) is 5.19. The van der Waals surface area contributed by atoms with Gasteiger partial charge in [-0.15, -0.1) is 0 Å². The Balaban J connectivity index is 2.06. The second-order valence-electron chi connectivity index (χ2n) is 6.14. The lowest BCUT2D eigenvalue weighted by molar-refractivity contribution is 0.0994. The summed E-state index contributed by atoms with van der Waals surface area (Å²) in [6.07, 6.45) is 5.89. The third kappa shape index (κ3) is 2.18. The van der Waals surface area contributed by atoms with Gasteiger partial charge >= 0.3 is 0 Å². The highest BCUT2D eigenvalue weighted by molar-refractivity contribution is 7.98. The van der Waals surface area contributed by atoms with Crippen molar-refractivity contribution in [2.45, 2.75) is 31.0 Å². The third-order valence-corrected chi connectivity index (χ3v) is 5.07. The van der Waals surface area contributed by atoms with Gasteiger partial charge in [0.25, 0.3) is 5.91 Å². The van der Waals surface area contributed by atoms with Crippen LogP contribution in [-0.2, 0) is 0 Å². The predicted octanol–water partition coefficient (Wildman–Crippen LogP) is 2.77. The van der Waals surface area contributed by atoms with Crippen molar-refractivity contribution < 1.29 is 4.79 Å². The number of nitrogens with zero attached hydrogens (tertiary/aromatic N) is 4. The molecule has 1 aliphatic rings. The average molecular weight is 327 g/mol. The molecule has 1 aliphatic carbocycles. The van der Waals surface area contributed by atoms with Crippen LogP contribution in [0.15, 0.2) is 23.5 Å². The fraction of sp³-hybridized carbons (Fsp3) is 0.375. The van der Waals surface area contributed by atoms with E-state index in [0.717, 1.165) is 34.6 Å². The topological polar surface area (TPSA) is 86.7 Å². The molecule has 3 aromatic rings. The first-order chi connectivity index (χ1) is 11.1. The molecular weight excluding hydrogens is 310 g/mol. The third-order valence-electron chi connectivity index (χ3n) is 4.51. The Morgan fingerprint density at radius 3 is 2.83 bits per heavy atom. The van der Waals surface area contributed by atoms with Crippen LogP contribution in [0.1, 0.15) is 36.3 Å². The van der Waals surface area contributed by atoms with E-state index in [9.17, 15) is 4.79 Å². The van der Waals surface area contributed by atoms with Crippen LogP contribution in [0.2, 0.25) is 0 Å². The monoisotopic (exact) mass is 327 g/mol. The van der Waals surface area contributed by atoms with E-state index >= 15 is 0 Å². The van der Waals surface area contributed by atoms with Gasteiger partial charge in [0.2, 0.25) is 0 Å². The Labute approximate surface area is 137 Å². The van der Waals surface area contributed by atoms with Gasteiger partial charge in [-0.1, -0.05) is 24.8 Å². The summed E-state index contributed by atoms with van der Waals surface area (Å²) in [6, 6.07) is 4.12. The van der Waals surface area contributed by atoms with Crippen molar-refractivity contribution in [3.63, 3.8) is 0 Å². The molecule has 7 heteroatoms. The smallest absolute Gasteiger partial charge is 0.269 e. The number of primary amides is 1. The molecule has 0 saturated heterocycles. The van der Waals surface area contributed by atoms with Gasteiger partial charge in [0.15, 0.2) is 10.9 Å². The van der Waals surface area contributed by atoms with E-state index in [2.05, 4.69) is 22.0 Å². The molecule has 0 bridgehead atoms. The van der Waals surface area contributed by atoms with E-state index in [0.29, 0.717) is 22.8 Å². The van der Waals surface area contributed by atoms with Crippen LogP contribution in [0.25, 0.3) is 21.8 Å². The van der Waals surface area contributed by atoms with Crippen molar-refractivity contribution >= 4 is 39.5 Å². The van der Waals surface area contributed by atoms with Crippen molar-refractivity contribution in [3.05, 3.63) is 24.0 Å². The van der Waals surface area contributed by atoms with E-state index < -0.39 is 5.91 Å². The number of hydrogen-bond donors (Lipinski definition) is 1. The van der Waals surface area contributed by atoms with Crippen LogP contribution >= 0.6 is 11.8 Å². The van der Waals surface area contributed by atoms with Gasteiger partial charge in [0.1, 0.15) is 5.52 Å². The maximum Gasteiger partial charge on any atom is 0.269 e. The van der Waals surface area contributed by atoms with Crippen molar-refractivity contribution in [3.8, 4) is 0 Å². The number of rotatable bonds is 3. The molecule has 2 aromatic heterocycles. The lowest BCUT2D eigenvalue weighted by Crippen LogP contribution is -2.26. The minimum atomic E-state index is -0.500. The van der Waals surface area contributed by atoms with Crippen LogP contribution in [-0.4, -0.2) is 31.9 Å². The lowest BCUT2D eigenvalue weighted by atomic mass is 9.82. The highest BCUT2D eigenvalue weighted by Gasteiger charge is 2.31. The maximum absolute atomic E-state index is 11.8. The fourth-order valence-electron chi connectivity index (χ4n) is 3.30. The molecule has 4 rings (SSSR count). The summed E-state index contributed by atoms with van der Waals surface area (Å²) in [4.78, 5) is 20.8. The van der Waals surface area contributed by atoms with Gasteiger partial charge in [-0.05, 0) is 31.1 Å². The van der Waals surface area contributed by atoms with E-state index in [4.69, 9.17) is 5.73 Å². The number of fused-ring (bicyclic) bond motifs is 3. The predicted molar refractivity (Wildman–Crippen MR) is 90.6 cm³/mol. The number of hydrogen-bond acceptors (Lipinski definition) is 5. The number of nitrogens with two attached hydrogens (primary N) is 1. The molecule has 0 unspecified atom stereocenters. The van der Waals surface area contributed by atoms with Crippen molar-refractivity contribution in [1.82, 2.24) is 19.7 Å². The minimum Gasteiger partial charge on any atom is -0.364 e. The van der Waals surface area contributed by atoms with Gasteiger partial charge in [-0.25, -0.2) is 9.97 Å². The summed E-state index contributed by atoms with van der Waals surface area (Å²) in [7, 11) is 0. The fourth-order valence-corrected chi connectivity index (χ4v) is 3.65. The first kappa shape index (κ1) is 14.4. The Morgan fingerprint density at radius 2 is 2.17 bits per heavy atom. The summed E-state index contributed by atoms with van der Waals surface area (Å²) < 4.78 is 1.95. The molecule has 1 saturated carbocycles. The normalized spacial score (nSPS) is 20.8. The number of aromatic nitrogens is 4.